The summed E-state index contributed by atoms with van der Waals surface area (Å²) in [5.74, 6) is -0.0966. The molecule has 0 aromatic heterocycles. The van der Waals surface area contributed by atoms with Crippen LogP contribution in [0.25, 0.3) is 11.1 Å². The number of likely N-dealkylation sites (tertiary alicyclic amines) is 1. The average Bonchev–Trinajstić information content (AvgIpc) is 3.59. The molecule has 2 N–H and O–H groups in total. The minimum absolute atomic E-state index is 0.0154. The van der Waals surface area contributed by atoms with E-state index in [0.29, 0.717) is 24.8 Å². The second-order valence-corrected chi connectivity index (χ2v) is 14.2. The number of rotatable bonds is 7. The molecule has 0 spiro atoms. The zero-order valence-electron chi connectivity index (χ0n) is 26.3. The first-order chi connectivity index (χ1) is 21.1. The van der Waals surface area contributed by atoms with Crippen LogP contribution in [-0.2, 0) is 15.0 Å². The van der Waals surface area contributed by atoms with Gasteiger partial charge >= 0.3 is 0 Å². The van der Waals surface area contributed by atoms with Gasteiger partial charge in [0.05, 0.1) is 0 Å². The molecule has 0 radical (unpaired) electrons. The minimum Gasteiger partial charge on any atom is -0.347 e. The maximum absolute atomic E-state index is 13.9. The van der Waals surface area contributed by atoms with E-state index in [0.717, 1.165) is 61.9 Å². The zero-order chi connectivity index (χ0) is 31.0. The molecule has 4 fully saturated rings. The van der Waals surface area contributed by atoms with E-state index in [9.17, 15) is 14.4 Å². The summed E-state index contributed by atoms with van der Waals surface area (Å²) in [6.07, 6.45) is 6.39. The van der Waals surface area contributed by atoms with E-state index in [1.54, 1.807) is 0 Å². The Balaban J connectivity index is 1.14. The van der Waals surface area contributed by atoms with Gasteiger partial charge in [-0.2, -0.15) is 0 Å². The van der Waals surface area contributed by atoms with Crippen molar-refractivity contribution in [3.05, 3.63) is 95.6 Å². The van der Waals surface area contributed by atoms with Crippen molar-refractivity contribution < 1.29 is 14.4 Å². The Morgan fingerprint density at radius 3 is 1.95 bits per heavy atom. The third-order valence-corrected chi connectivity index (χ3v) is 10.4. The molecule has 1 atom stereocenters. The van der Waals surface area contributed by atoms with Crippen LogP contribution in [0.5, 0.6) is 0 Å². The predicted molar refractivity (Wildman–Crippen MR) is 174 cm³/mol. The lowest BCUT2D eigenvalue weighted by molar-refractivity contribution is -0.143. The highest BCUT2D eigenvalue weighted by Crippen LogP contribution is 2.53. The van der Waals surface area contributed by atoms with Gasteiger partial charge in [-0.05, 0) is 85.1 Å². The molecule has 6 nitrogen and oxygen atoms in total. The first-order valence-electron chi connectivity index (χ1n) is 16.3. The van der Waals surface area contributed by atoms with Crippen LogP contribution in [0.2, 0.25) is 0 Å². The van der Waals surface area contributed by atoms with Gasteiger partial charge in [-0.25, -0.2) is 0 Å². The molecule has 7 rings (SSSR count). The first kappa shape index (κ1) is 30.1. The average molecular weight is 592 g/mol. The summed E-state index contributed by atoms with van der Waals surface area (Å²) in [6, 6.07) is 25.3. The number of amides is 3. The fraction of sp³-hybridized carbons (Fsp3) is 0.447. The van der Waals surface area contributed by atoms with Crippen molar-refractivity contribution in [3.63, 3.8) is 0 Å². The van der Waals surface area contributed by atoms with Crippen molar-refractivity contribution in [3.8, 4) is 11.1 Å². The highest BCUT2D eigenvalue weighted by molar-refractivity contribution is 6.01. The predicted octanol–water partition coefficient (Wildman–Crippen LogP) is 6.95. The van der Waals surface area contributed by atoms with Crippen LogP contribution in [0.4, 0.5) is 0 Å². The molecule has 44 heavy (non-hydrogen) atoms. The monoisotopic (exact) mass is 591 g/mol. The van der Waals surface area contributed by atoms with Gasteiger partial charge in [-0.3, -0.25) is 14.4 Å². The summed E-state index contributed by atoms with van der Waals surface area (Å²) in [6.45, 7) is 8.09. The molecule has 3 aromatic rings. The van der Waals surface area contributed by atoms with Gasteiger partial charge in [0, 0.05) is 29.6 Å². The van der Waals surface area contributed by atoms with Crippen LogP contribution >= 0.6 is 0 Å². The van der Waals surface area contributed by atoms with Gasteiger partial charge in [0.15, 0.2) is 0 Å². The second-order valence-electron chi connectivity index (χ2n) is 14.2. The van der Waals surface area contributed by atoms with E-state index < -0.39 is 11.5 Å². The summed E-state index contributed by atoms with van der Waals surface area (Å²) in [5.41, 5.74) is 3.97. The highest BCUT2D eigenvalue weighted by atomic mass is 16.2. The third kappa shape index (κ3) is 5.91. The van der Waals surface area contributed by atoms with Crippen LogP contribution < -0.4 is 10.6 Å². The lowest BCUT2D eigenvalue weighted by Gasteiger charge is -2.52. The molecule has 3 saturated carbocycles. The highest BCUT2D eigenvalue weighted by Gasteiger charge is 2.53. The van der Waals surface area contributed by atoms with Crippen LogP contribution in [-0.4, -0.2) is 41.2 Å². The largest absolute Gasteiger partial charge is 0.347 e. The number of fused-ring (bicyclic) bond motifs is 3. The molecule has 4 aliphatic rings. The quantitative estimate of drug-likeness (QED) is 0.312. The SMILES string of the molecule is CC(C)(C)c1ccc(-c2ccccc2C(=O)NC23CCC(C(=O)NC(C(=O)N4CCCC4)c4ccccc4)(CC2)CC3)cc1. The molecule has 3 amide bonds. The molecule has 6 heteroatoms. The molecule has 2 bridgehead atoms. The number of hydrogen-bond acceptors (Lipinski definition) is 3. The van der Waals surface area contributed by atoms with Gasteiger partial charge < -0.3 is 15.5 Å². The topological polar surface area (TPSA) is 78.5 Å². The van der Waals surface area contributed by atoms with Gasteiger partial charge in [0.25, 0.3) is 5.91 Å². The van der Waals surface area contributed by atoms with Crippen molar-refractivity contribution in [1.82, 2.24) is 15.5 Å². The van der Waals surface area contributed by atoms with Gasteiger partial charge in [0.1, 0.15) is 6.04 Å². The fourth-order valence-corrected chi connectivity index (χ4v) is 7.44. The number of nitrogens with one attached hydrogen (secondary N) is 2. The van der Waals surface area contributed by atoms with E-state index in [-0.39, 0.29) is 28.7 Å². The van der Waals surface area contributed by atoms with Crippen molar-refractivity contribution >= 4 is 17.7 Å². The maximum atomic E-state index is 13.9. The van der Waals surface area contributed by atoms with Gasteiger partial charge in [0.2, 0.25) is 11.8 Å². The Labute approximate surface area is 261 Å². The van der Waals surface area contributed by atoms with E-state index in [1.807, 2.05) is 59.5 Å². The molecule has 1 aliphatic heterocycles. The minimum atomic E-state index is -0.668. The molecular weight excluding hydrogens is 546 g/mol. The van der Waals surface area contributed by atoms with Crippen LogP contribution in [0, 0.1) is 5.41 Å². The third-order valence-electron chi connectivity index (χ3n) is 10.4. The van der Waals surface area contributed by atoms with Gasteiger partial charge in [-0.15, -0.1) is 0 Å². The molecule has 1 saturated heterocycles. The molecule has 1 unspecified atom stereocenters. The lowest BCUT2D eigenvalue weighted by Crippen LogP contribution is -2.60. The van der Waals surface area contributed by atoms with Crippen LogP contribution in [0.15, 0.2) is 78.9 Å². The van der Waals surface area contributed by atoms with Crippen molar-refractivity contribution in [2.75, 3.05) is 13.1 Å². The van der Waals surface area contributed by atoms with Gasteiger partial charge in [-0.1, -0.05) is 93.6 Å². The summed E-state index contributed by atoms with van der Waals surface area (Å²) in [4.78, 5) is 43.2. The van der Waals surface area contributed by atoms with Crippen molar-refractivity contribution in [1.29, 1.82) is 0 Å². The molecular formula is C38H45N3O3. The Bertz CT molecular complexity index is 1490. The smallest absolute Gasteiger partial charge is 0.252 e. The maximum Gasteiger partial charge on any atom is 0.252 e. The Morgan fingerprint density at radius 1 is 0.750 bits per heavy atom. The first-order valence-corrected chi connectivity index (χ1v) is 16.3. The number of hydrogen-bond donors (Lipinski definition) is 2. The second kappa shape index (κ2) is 11.9. The zero-order valence-corrected chi connectivity index (χ0v) is 26.3. The van der Waals surface area contributed by atoms with Crippen LogP contribution in [0.3, 0.4) is 0 Å². The number of carbonyl (C=O) groups is 3. The van der Waals surface area contributed by atoms with E-state index in [1.165, 1.54) is 5.56 Å². The van der Waals surface area contributed by atoms with E-state index in [4.69, 9.17) is 0 Å². The normalized spacial score (nSPS) is 23.7. The van der Waals surface area contributed by atoms with E-state index in [2.05, 4.69) is 55.7 Å². The number of benzene rings is 3. The number of carbonyl (C=O) groups excluding carboxylic acids is 3. The standard InChI is InChI=1S/C38H45N3O3/c1-36(2,3)29-17-15-27(16-18-29)30-13-7-8-14-31(30)33(42)40-38-22-19-37(20-23-38,21-24-38)35(44)39-32(28-11-5-4-6-12-28)34(43)41-25-9-10-26-41/h4-8,11-18,32H,9-10,19-26H2,1-3H3,(H,39,44)(H,40,42). The molecule has 3 aliphatic carbocycles. The summed E-state index contributed by atoms with van der Waals surface area (Å²) in [7, 11) is 0. The number of nitrogens with zero attached hydrogens (tertiary/aromatic N) is 1. The molecule has 3 aromatic carbocycles. The van der Waals surface area contributed by atoms with Crippen molar-refractivity contribution in [2.24, 2.45) is 5.41 Å². The van der Waals surface area contributed by atoms with E-state index >= 15 is 0 Å². The lowest BCUT2D eigenvalue weighted by atomic mass is 9.56. The van der Waals surface area contributed by atoms with Crippen molar-refractivity contribution in [2.45, 2.75) is 89.1 Å². The Hall–Kier alpha value is -3.93. The van der Waals surface area contributed by atoms with Crippen LogP contribution in [0.1, 0.15) is 99.7 Å². The molecule has 230 valence electrons. The summed E-state index contributed by atoms with van der Waals surface area (Å²) in [5, 5.41) is 6.63. The summed E-state index contributed by atoms with van der Waals surface area (Å²) >= 11 is 0. The molecule has 1 heterocycles. The Morgan fingerprint density at radius 2 is 1.34 bits per heavy atom. The summed E-state index contributed by atoms with van der Waals surface area (Å²) < 4.78 is 0. The Kier molecular flexibility index (Phi) is 8.12. The fourth-order valence-electron chi connectivity index (χ4n) is 7.44.